The number of phenols is 4. The topological polar surface area (TPSA) is 110 Å². The van der Waals surface area contributed by atoms with Crippen molar-refractivity contribution in [1.82, 2.24) is 0 Å². The molecule has 0 fully saturated rings. The Balaban J connectivity index is 2.28. The number of nitrogens with one attached hydrogen (secondary N) is 1. The van der Waals surface area contributed by atoms with Crippen LogP contribution >= 0.6 is 0 Å². The van der Waals surface area contributed by atoms with Gasteiger partial charge in [0.2, 0.25) is 0 Å². The van der Waals surface area contributed by atoms with Gasteiger partial charge in [0.05, 0.1) is 5.56 Å². The number of rotatable bonds is 2. The van der Waals surface area contributed by atoms with E-state index in [1.54, 1.807) is 0 Å². The van der Waals surface area contributed by atoms with Crippen molar-refractivity contribution in [2.45, 2.75) is 0 Å². The summed E-state index contributed by atoms with van der Waals surface area (Å²) in [6.45, 7) is 0. The van der Waals surface area contributed by atoms with Gasteiger partial charge < -0.3 is 25.7 Å². The largest absolute Gasteiger partial charge is 0.504 e. The van der Waals surface area contributed by atoms with Crippen molar-refractivity contribution >= 4 is 11.6 Å². The first-order valence-electron chi connectivity index (χ1n) is 5.44. The van der Waals surface area contributed by atoms with E-state index >= 15 is 0 Å². The summed E-state index contributed by atoms with van der Waals surface area (Å²) in [5, 5.41) is 38.9. The number of benzene rings is 2. The van der Waals surface area contributed by atoms with E-state index in [2.05, 4.69) is 5.32 Å². The summed E-state index contributed by atoms with van der Waals surface area (Å²) in [6.07, 6.45) is 0. The van der Waals surface area contributed by atoms with E-state index in [-0.39, 0.29) is 11.4 Å². The fourth-order valence-corrected chi connectivity index (χ4v) is 1.53. The van der Waals surface area contributed by atoms with Gasteiger partial charge in [-0.05, 0) is 24.3 Å². The van der Waals surface area contributed by atoms with Gasteiger partial charge in [-0.1, -0.05) is 0 Å². The lowest BCUT2D eigenvalue weighted by atomic mass is 10.1. The molecule has 0 aliphatic rings. The molecule has 6 nitrogen and oxygen atoms in total. The molecule has 0 spiro atoms. The third-order valence-corrected chi connectivity index (χ3v) is 2.57. The average Bonchev–Trinajstić information content (AvgIpc) is 2.40. The van der Waals surface area contributed by atoms with Crippen LogP contribution in [0, 0.1) is 5.82 Å². The lowest BCUT2D eigenvalue weighted by Crippen LogP contribution is -2.13. The summed E-state index contributed by atoms with van der Waals surface area (Å²) in [4.78, 5) is 11.8. The molecule has 0 saturated carbocycles. The van der Waals surface area contributed by atoms with Gasteiger partial charge in [0.25, 0.3) is 5.91 Å². The molecule has 1 amide bonds. The first kappa shape index (κ1) is 13.5. The van der Waals surface area contributed by atoms with E-state index < -0.39 is 34.5 Å². The van der Waals surface area contributed by atoms with Crippen LogP contribution in [0.1, 0.15) is 10.4 Å². The van der Waals surface area contributed by atoms with Gasteiger partial charge in [0.15, 0.2) is 28.8 Å². The number of carbonyl (C=O) groups excluding carboxylic acids is 1. The molecular formula is C13H10FNO5. The van der Waals surface area contributed by atoms with E-state index in [4.69, 9.17) is 10.2 Å². The maximum atomic E-state index is 13.6. The van der Waals surface area contributed by atoms with Crippen LogP contribution < -0.4 is 5.32 Å². The van der Waals surface area contributed by atoms with Crippen LogP contribution in [0.25, 0.3) is 0 Å². The van der Waals surface area contributed by atoms with Crippen LogP contribution in [0.15, 0.2) is 30.3 Å². The molecule has 2 aromatic rings. The Bertz CT molecular complexity index is 687. The maximum absolute atomic E-state index is 13.6. The lowest BCUT2D eigenvalue weighted by Gasteiger charge is -2.08. The predicted octanol–water partition coefficient (Wildman–Crippen LogP) is 1.90. The number of phenolic OH excluding ortho intramolecular Hbond substituents is 4. The van der Waals surface area contributed by atoms with Gasteiger partial charge >= 0.3 is 0 Å². The van der Waals surface area contributed by atoms with Gasteiger partial charge in [0, 0.05) is 11.8 Å². The highest BCUT2D eigenvalue weighted by Gasteiger charge is 2.18. The summed E-state index contributed by atoms with van der Waals surface area (Å²) in [5.41, 5.74) is -0.356. The average molecular weight is 279 g/mol. The SMILES string of the molecule is O=C(Nc1ccc(O)c(O)c1)c1ccc(O)c(O)c1F. The Labute approximate surface area is 112 Å². The highest BCUT2D eigenvalue weighted by molar-refractivity contribution is 6.05. The first-order valence-corrected chi connectivity index (χ1v) is 5.44. The summed E-state index contributed by atoms with van der Waals surface area (Å²) in [6, 6.07) is 5.49. The minimum absolute atomic E-state index is 0.122. The molecule has 0 aliphatic heterocycles. The van der Waals surface area contributed by atoms with E-state index in [0.29, 0.717) is 0 Å². The molecule has 0 radical (unpaired) electrons. The van der Waals surface area contributed by atoms with Crippen molar-refractivity contribution in [3.63, 3.8) is 0 Å². The number of hydrogen-bond acceptors (Lipinski definition) is 5. The highest BCUT2D eigenvalue weighted by Crippen LogP contribution is 2.31. The Hall–Kier alpha value is -2.96. The molecule has 2 aromatic carbocycles. The second-order valence-corrected chi connectivity index (χ2v) is 3.95. The standard InChI is InChI=1S/C13H10FNO5/c14-11-7(2-4-9(17)12(11)19)13(20)15-6-1-3-8(16)10(18)5-6/h1-5,16-19H,(H,15,20). The zero-order chi connectivity index (χ0) is 14.9. The van der Waals surface area contributed by atoms with Crippen LogP contribution in [-0.4, -0.2) is 26.3 Å². The third-order valence-electron chi connectivity index (χ3n) is 2.57. The molecule has 0 atom stereocenters. The lowest BCUT2D eigenvalue weighted by molar-refractivity contribution is 0.102. The van der Waals surface area contributed by atoms with Crippen molar-refractivity contribution < 1.29 is 29.6 Å². The summed E-state index contributed by atoms with van der Waals surface area (Å²) < 4.78 is 13.6. The van der Waals surface area contributed by atoms with E-state index in [1.165, 1.54) is 6.07 Å². The minimum Gasteiger partial charge on any atom is -0.504 e. The van der Waals surface area contributed by atoms with Crippen molar-refractivity contribution in [3.8, 4) is 23.0 Å². The van der Waals surface area contributed by atoms with Crippen LogP contribution in [0.4, 0.5) is 10.1 Å². The molecule has 0 bridgehead atoms. The molecule has 0 aromatic heterocycles. The molecule has 2 rings (SSSR count). The second kappa shape index (κ2) is 4.96. The van der Waals surface area contributed by atoms with Crippen LogP contribution in [0.3, 0.4) is 0 Å². The smallest absolute Gasteiger partial charge is 0.258 e. The Morgan fingerprint density at radius 2 is 1.60 bits per heavy atom. The van der Waals surface area contributed by atoms with Gasteiger partial charge in [0.1, 0.15) is 0 Å². The fraction of sp³-hybridized carbons (Fsp3) is 0. The molecule has 0 unspecified atom stereocenters. The maximum Gasteiger partial charge on any atom is 0.258 e. The zero-order valence-corrected chi connectivity index (χ0v) is 9.96. The Morgan fingerprint density at radius 3 is 2.25 bits per heavy atom. The number of anilines is 1. The van der Waals surface area contributed by atoms with Crippen LogP contribution in [0.2, 0.25) is 0 Å². The van der Waals surface area contributed by atoms with E-state index in [0.717, 1.165) is 24.3 Å². The molecule has 104 valence electrons. The van der Waals surface area contributed by atoms with Crippen molar-refractivity contribution in [3.05, 3.63) is 41.7 Å². The number of carbonyl (C=O) groups is 1. The molecule has 0 saturated heterocycles. The van der Waals surface area contributed by atoms with Crippen molar-refractivity contribution in [2.24, 2.45) is 0 Å². The Kier molecular flexibility index (Phi) is 3.34. The summed E-state index contributed by atoms with van der Waals surface area (Å²) in [5.74, 6) is -4.66. The zero-order valence-electron chi connectivity index (χ0n) is 9.96. The van der Waals surface area contributed by atoms with E-state index in [9.17, 15) is 19.4 Å². The number of amides is 1. The molecule has 0 aliphatic carbocycles. The number of halogens is 1. The molecule has 7 heteroatoms. The first-order chi connectivity index (χ1) is 9.40. The highest BCUT2D eigenvalue weighted by atomic mass is 19.1. The van der Waals surface area contributed by atoms with E-state index in [1.807, 2.05) is 0 Å². The van der Waals surface area contributed by atoms with Crippen molar-refractivity contribution in [2.75, 3.05) is 5.32 Å². The van der Waals surface area contributed by atoms with Gasteiger partial charge in [-0.25, -0.2) is 4.39 Å². The van der Waals surface area contributed by atoms with Gasteiger partial charge in [-0.3, -0.25) is 4.79 Å². The minimum atomic E-state index is -1.26. The predicted molar refractivity (Wildman–Crippen MR) is 67.5 cm³/mol. The monoisotopic (exact) mass is 279 g/mol. The molecular weight excluding hydrogens is 269 g/mol. The summed E-state index contributed by atoms with van der Waals surface area (Å²) >= 11 is 0. The van der Waals surface area contributed by atoms with Gasteiger partial charge in [-0.2, -0.15) is 0 Å². The van der Waals surface area contributed by atoms with Gasteiger partial charge in [-0.15, -0.1) is 0 Å². The van der Waals surface area contributed by atoms with Crippen LogP contribution in [-0.2, 0) is 0 Å². The molecule has 20 heavy (non-hydrogen) atoms. The second-order valence-electron chi connectivity index (χ2n) is 3.95. The number of hydrogen-bond donors (Lipinski definition) is 5. The van der Waals surface area contributed by atoms with Crippen molar-refractivity contribution in [1.29, 1.82) is 0 Å². The third kappa shape index (κ3) is 2.41. The normalized spacial score (nSPS) is 10.2. The summed E-state index contributed by atoms with van der Waals surface area (Å²) in [7, 11) is 0. The molecule has 0 heterocycles. The quantitative estimate of drug-likeness (QED) is 0.426. The fourth-order valence-electron chi connectivity index (χ4n) is 1.53. The molecule has 5 N–H and O–H groups in total. The Morgan fingerprint density at radius 1 is 0.950 bits per heavy atom. The van der Waals surface area contributed by atoms with Crippen LogP contribution in [0.5, 0.6) is 23.0 Å². The number of aromatic hydroxyl groups is 4.